The van der Waals surface area contributed by atoms with Gasteiger partial charge in [0.25, 0.3) is 0 Å². The monoisotopic (exact) mass is 372 g/mol. The van der Waals surface area contributed by atoms with Crippen molar-refractivity contribution in [3.05, 3.63) is 64.3 Å². The molecule has 0 bridgehead atoms. The molecule has 1 aromatic heterocycles. The maximum atomic E-state index is 12.2. The van der Waals surface area contributed by atoms with Gasteiger partial charge >= 0.3 is 0 Å². The van der Waals surface area contributed by atoms with Gasteiger partial charge in [-0.2, -0.15) is 0 Å². The molecule has 0 aliphatic heterocycles. The fraction of sp³-hybridized carbons (Fsp3) is 0.0556. The zero-order valence-electron chi connectivity index (χ0n) is 12.2. The molecule has 23 heavy (non-hydrogen) atoms. The number of rotatable bonds is 4. The summed E-state index contributed by atoms with van der Waals surface area (Å²) < 4.78 is 11.1. The van der Waals surface area contributed by atoms with Crippen LogP contribution in [-0.2, 0) is 0 Å². The van der Waals surface area contributed by atoms with Crippen LogP contribution in [0.1, 0.15) is 16.1 Å². The Morgan fingerprint density at radius 1 is 1.26 bits per heavy atom. The number of aromatic hydroxyl groups is 1. The topological polar surface area (TPSA) is 59.7 Å². The molecule has 1 N–H and O–H groups in total. The Morgan fingerprint density at radius 2 is 2.04 bits per heavy atom. The van der Waals surface area contributed by atoms with Crippen LogP contribution in [0, 0.1) is 0 Å². The molecule has 3 rings (SSSR count). The van der Waals surface area contributed by atoms with Gasteiger partial charge in [0.05, 0.1) is 11.6 Å². The fourth-order valence-corrected chi connectivity index (χ4v) is 2.66. The molecule has 0 unspecified atom stereocenters. The van der Waals surface area contributed by atoms with Crippen LogP contribution >= 0.6 is 15.9 Å². The zero-order chi connectivity index (χ0) is 16.4. The number of para-hydroxylation sites is 1. The van der Waals surface area contributed by atoms with Crippen molar-refractivity contribution in [3.63, 3.8) is 0 Å². The summed E-state index contributed by atoms with van der Waals surface area (Å²) in [6.07, 6.45) is 3.07. The normalized spacial score (nSPS) is 11.2. The summed E-state index contributed by atoms with van der Waals surface area (Å²) in [6.45, 7) is 0. The number of furan rings is 1. The summed E-state index contributed by atoms with van der Waals surface area (Å²) in [7, 11) is 1.47. The predicted molar refractivity (Wildman–Crippen MR) is 91.9 cm³/mol. The molecule has 1 heterocycles. The first kappa shape index (κ1) is 15.4. The Morgan fingerprint density at radius 3 is 2.78 bits per heavy atom. The van der Waals surface area contributed by atoms with Crippen molar-refractivity contribution < 1.29 is 19.1 Å². The number of ketones is 1. The van der Waals surface area contributed by atoms with E-state index in [1.165, 1.54) is 13.2 Å². The van der Waals surface area contributed by atoms with E-state index in [0.29, 0.717) is 15.8 Å². The number of carbonyl (C=O) groups is 1. The van der Waals surface area contributed by atoms with Crippen LogP contribution in [0.15, 0.2) is 57.4 Å². The minimum Gasteiger partial charge on any atom is -0.503 e. The molecule has 0 amide bonds. The Labute approximate surface area is 141 Å². The number of hydrogen-bond donors (Lipinski definition) is 1. The molecule has 2 aromatic carbocycles. The number of methoxy groups -OCH3 is 1. The summed E-state index contributed by atoms with van der Waals surface area (Å²) in [5.74, 6) is 0.403. The van der Waals surface area contributed by atoms with E-state index < -0.39 is 0 Å². The van der Waals surface area contributed by atoms with E-state index >= 15 is 0 Å². The van der Waals surface area contributed by atoms with E-state index in [1.54, 1.807) is 24.3 Å². The highest BCUT2D eigenvalue weighted by Crippen LogP contribution is 2.35. The molecule has 0 atom stereocenters. The number of phenols is 1. The third-order valence-corrected chi connectivity index (χ3v) is 3.97. The molecule has 0 saturated heterocycles. The lowest BCUT2D eigenvalue weighted by atomic mass is 10.1. The van der Waals surface area contributed by atoms with Crippen LogP contribution in [-0.4, -0.2) is 18.0 Å². The third-order valence-electron chi connectivity index (χ3n) is 3.37. The van der Waals surface area contributed by atoms with Gasteiger partial charge in [-0.1, -0.05) is 24.3 Å². The van der Waals surface area contributed by atoms with Crippen LogP contribution < -0.4 is 4.74 Å². The summed E-state index contributed by atoms with van der Waals surface area (Å²) in [5.41, 5.74) is 1.40. The summed E-state index contributed by atoms with van der Waals surface area (Å²) in [4.78, 5) is 12.2. The molecule has 0 aliphatic rings. The van der Waals surface area contributed by atoms with E-state index in [9.17, 15) is 9.90 Å². The highest BCUT2D eigenvalue weighted by Gasteiger charge is 2.10. The van der Waals surface area contributed by atoms with Crippen molar-refractivity contribution in [2.45, 2.75) is 0 Å². The lowest BCUT2D eigenvalue weighted by Gasteiger charge is -2.06. The van der Waals surface area contributed by atoms with Gasteiger partial charge in [0.15, 0.2) is 17.3 Å². The number of benzene rings is 2. The van der Waals surface area contributed by atoms with Gasteiger partial charge in [0, 0.05) is 5.39 Å². The molecule has 0 radical (unpaired) electrons. The molecule has 3 aromatic rings. The first-order valence-corrected chi connectivity index (χ1v) is 7.65. The van der Waals surface area contributed by atoms with E-state index in [1.807, 2.05) is 24.3 Å². The first-order chi connectivity index (χ1) is 11.1. The average Bonchev–Trinajstić information content (AvgIpc) is 2.99. The number of ether oxygens (including phenoxy) is 1. The van der Waals surface area contributed by atoms with Crippen LogP contribution in [0.25, 0.3) is 17.0 Å². The first-order valence-electron chi connectivity index (χ1n) is 6.86. The van der Waals surface area contributed by atoms with Gasteiger partial charge in [-0.05, 0) is 51.8 Å². The zero-order valence-corrected chi connectivity index (χ0v) is 13.8. The van der Waals surface area contributed by atoms with Gasteiger partial charge < -0.3 is 14.3 Å². The number of halogens is 1. The van der Waals surface area contributed by atoms with Crippen molar-refractivity contribution in [2.24, 2.45) is 0 Å². The molecule has 0 aliphatic carbocycles. The summed E-state index contributed by atoms with van der Waals surface area (Å²) >= 11 is 3.25. The van der Waals surface area contributed by atoms with E-state index in [2.05, 4.69) is 15.9 Å². The van der Waals surface area contributed by atoms with Crippen molar-refractivity contribution in [3.8, 4) is 11.5 Å². The van der Waals surface area contributed by atoms with Gasteiger partial charge in [0.1, 0.15) is 5.58 Å². The largest absolute Gasteiger partial charge is 0.503 e. The number of fused-ring (bicyclic) bond motifs is 1. The molecule has 0 spiro atoms. The van der Waals surface area contributed by atoms with E-state index in [4.69, 9.17) is 9.15 Å². The second-order valence-electron chi connectivity index (χ2n) is 4.90. The van der Waals surface area contributed by atoms with Gasteiger partial charge in [-0.15, -0.1) is 0 Å². The number of allylic oxidation sites excluding steroid dienone is 1. The second kappa shape index (κ2) is 6.30. The average molecular weight is 373 g/mol. The van der Waals surface area contributed by atoms with Crippen molar-refractivity contribution in [1.82, 2.24) is 0 Å². The Kier molecular flexibility index (Phi) is 4.21. The smallest absolute Gasteiger partial charge is 0.221 e. The van der Waals surface area contributed by atoms with Crippen molar-refractivity contribution in [2.75, 3.05) is 7.11 Å². The van der Waals surface area contributed by atoms with E-state index in [0.717, 1.165) is 10.9 Å². The fourth-order valence-electron chi connectivity index (χ4n) is 2.20. The molecular weight excluding hydrogens is 360 g/mol. The summed E-state index contributed by atoms with van der Waals surface area (Å²) in [6, 6.07) is 12.5. The van der Waals surface area contributed by atoms with Crippen LogP contribution in [0.3, 0.4) is 0 Å². The molecule has 116 valence electrons. The van der Waals surface area contributed by atoms with Crippen LogP contribution in [0.5, 0.6) is 11.5 Å². The lowest BCUT2D eigenvalue weighted by Crippen LogP contribution is -1.91. The summed E-state index contributed by atoms with van der Waals surface area (Å²) in [5, 5.41) is 10.7. The molecule has 0 saturated carbocycles. The molecule has 5 heteroatoms. The standard InChI is InChI=1S/C18H13BrO4/c1-22-17-9-11(8-13(19)18(17)21)6-7-14(20)16-10-12-4-2-3-5-15(12)23-16/h2-10,21H,1H3. The number of carbonyl (C=O) groups excluding carboxylic acids is 1. The third kappa shape index (κ3) is 3.14. The minimum absolute atomic E-state index is 0.0215. The maximum Gasteiger partial charge on any atom is 0.221 e. The van der Waals surface area contributed by atoms with Crippen molar-refractivity contribution in [1.29, 1.82) is 0 Å². The Hall–Kier alpha value is -2.53. The van der Waals surface area contributed by atoms with Crippen LogP contribution in [0.2, 0.25) is 0 Å². The van der Waals surface area contributed by atoms with E-state index in [-0.39, 0.29) is 17.3 Å². The van der Waals surface area contributed by atoms with Crippen LogP contribution in [0.4, 0.5) is 0 Å². The predicted octanol–water partition coefficient (Wildman–Crippen LogP) is 4.81. The second-order valence-corrected chi connectivity index (χ2v) is 5.75. The molecule has 4 nitrogen and oxygen atoms in total. The maximum absolute atomic E-state index is 12.2. The highest BCUT2D eigenvalue weighted by atomic mass is 79.9. The Bertz CT molecular complexity index is 876. The SMILES string of the molecule is COc1cc(C=CC(=O)c2cc3ccccc3o2)cc(Br)c1O. The Balaban J connectivity index is 1.87. The number of hydrogen-bond acceptors (Lipinski definition) is 4. The van der Waals surface area contributed by atoms with Crippen molar-refractivity contribution >= 4 is 38.8 Å². The minimum atomic E-state index is -0.232. The van der Waals surface area contributed by atoms with Gasteiger partial charge in [0.2, 0.25) is 5.78 Å². The highest BCUT2D eigenvalue weighted by molar-refractivity contribution is 9.10. The molecular formula is C18H13BrO4. The van der Waals surface area contributed by atoms with Gasteiger partial charge in [-0.25, -0.2) is 0 Å². The quantitative estimate of drug-likeness (QED) is 0.527. The lowest BCUT2D eigenvalue weighted by molar-refractivity contribution is 0.102. The number of phenolic OH excluding ortho intramolecular Hbond substituents is 1. The van der Waals surface area contributed by atoms with Gasteiger partial charge in [-0.3, -0.25) is 4.79 Å². The molecule has 0 fully saturated rings.